The van der Waals surface area contributed by atoms with Crippen LogP contribution in [0.15, 0.2) is 72.8 Å². The lowest BCUT2D eigenvalue weighted by Crippen LogP contribution is -2.28. The molecule has 31 heavy (non-hydrogen) atoms. The minimum absolute atomic E-state index is 0.00562. The zero-order valence-electron chi connectivity index (χ0n) is 18.2. The second-order valence-corrected chi connectivity index (χ2v) is 7.78. The van der Waals surface area contributed by atoms with Gasteiger partial charge < -0.3 is 14.6 Å². The van der Waals surface area contributed by atoms with Crippen LogP contribution in [0.1, 0.15) is 29.2 Å². The van der Waals surface area contributed by atoms with E-state index in [0.29, 0.717) is 13.0 Å². The van der Waals surface area contributed by atoms with Crippen LogP contribution in [0.3, 0.4) is 0 Å². The van der Waals surface area contributed by atoms with Crippen LogP contribution < -0.4 is 9.47 Å². The first-order valence-corrected chi connectivity index (χ1v) is 10.4. The molecule has 0 aromatic heterocycles. The number of hydrogen-bond acceptors (Lipinski definition) is 4. The molecule has 0 spiro atoms. The highest BCUT2D eigenvalue weighted by Gasteiger charge is 2.16. The first-order valence-electron chi connectivity index (χ1n) is 10.4. The Morgan fingerprint density at radius 1 is 0.968 bits per heavy atom. The van der Waals surface area contributed by atoms with E-state index in [2.05, 4.69) is 0 Å². The number of aryl methyl sites for hydroxylation is 2. The van der Waals surface area contributed by atoms with Crippen molar-refractivity contribution in [3.05, 3.63) is 89.5 Å². The van der Waals surface area contributed by atoms with E-state index >= 15 is 0 Å². The van der Waals surface area contributed by atoms with E-state index in [4.69, 9.17) is 14.6 Å². The fraction of sp³-hybridized carbons (Fsp3) is 0.269. The molecule has 0 saturated carbocycles. The van der Waals surface area contributed by atoms with Gasteiger partial charge in [-0.05, 0) is 62.4 Å². The Balaban J connectivity index is 1.71. The van der Waals surface area contributed by atoms with E-state index in [1.54, 1.807) is 11.9 Å². The summed E-state index contributed by atoms with van der Waals surface area (Å²) in [6, 6.07) is 23.8. The molecule has 0 aliphatic rings. The topological polar surface area (TPSA) is 59.0 Å². The molecule has 3 rings (SSSR count). The van der Waals surface area contributed by atoms with Crippen LogP contribution >= 0.6 is 0 Å². The molecule has 162 valence electrons. The molecular formula is C26H29NO4. The molecule has 0 amide bonds. The van der Waals surface area contributed by atoms with Crippen molar-refractivity contribution in [2.75, 3.05) is 20.1 Å². The summed E-state index contributed by atoms with van der Waals surface area (Å²) in [5.41, 5.74) is 3.23. The fourth-order valence-electron chi connectivity index (χ4n) is 3.32. The van der Waals surface area contributed by atoms with E-state index in [0.717, 1.165) is 28.4 Å². The Hall–Kier alpha value is -3.31. The third-order valence-electron chi connectivity index (χ3n) is 5.02. The Bertz CT molecular complexity index is 986. The van der Waals surface area contributed by atoms with Gasteiger partial charge in [0.2, 0.25) is 0 Å². The molecule has 0 saturated heterocycles. The molecule has 1 atom stereocenters. The van der Waals surface area contributed by atoms with Crippen molar-refractivity contribution in [3.63, 3.8) is 0 Å². The molecule has 5 heteroatoms. The summed E-state index contributed by atoms with van der Waals surface area (Å²) >= 11 is 0. The molecule has 0 radical (unpaired) electrons. The maximum absolute atomic E-state index is 10.9. The fourth-order valence-corrected chi connectivity index (χ4v) is 3.32. The van der Waals surface area contributed by atoms with Crippen LogP contribution in [0.4, 0.5) is 0 Å². The zero-order chi connectivity index (χ0) is 22.2. The number of carbonyl (C=O) groups is 1. The highest BCUT2D eigenvalue weighted by molar-refractivity contribution is 5.69. The third kappa shape index (κ3) is 6.86. The molecule has 1 unspecified atom stereocenters. The molecular weight excluding hydrogens is 390 g/mol. The van der Waals surface area contributed by atoms with E-state index in [9.17, 15) is 4.79 Å². The molecule has 0 heterocycles. The Morgan fingerprint density at radius 2 is 1.65 bits per heavy atom. The van der Waals surface area contributed by atoms with Gasteiger partial charge >= 0.3 is 5.97 Å². The zero-order valence-corrected chi connectivity index (χ0v) is 18.2. The maximum atomic E-state index is 10.9. The van der Waals surface area contributed by atoms with Gasteiger partial charge in [0.05, 0.1) is 6.54 Å². The van der Waals surface area contributed by atoms with Crippen molar-refractivity contribution in [2.45, 2.75) is 26.4 Å². The van der Waals surface area contributed by atoms with Gasteiger partial charge in [0.25, 0.3) is 0 Å². The standard InChI is InChI=1S/C26H29NO4/c1-19-9-11-22(12-10-19)30-24-14-13-23(17-20(24)2)31-25(21-7-5-4-6-8-21)15-16-27(3)18-26(28)29/h4-14,17,25H,15-16,18H2,1-3H3,(H,28,29). The van der Waals surface area contributed by atoms with E-state index in [1.807, 2.05) is 86.6 Å². The summed E-state index contributed by atoms with van der Waals surface area (Å²) in [4.78, 5) is 12.7. The quantitative estimate of drug-likeness (QED) is 0.462. The van der Waals surface area contributed by atoms with Crippen LogP contribution in [0.5, 0.6) is 17.2 Å². The number of likely N-dealkylation sites (N-methyl/N-ethyl adjacent to an activating group) is 1. The van der Waals surface area contributed by atoms with Gasteiger partial charge in [-0.15, -0.1) is 0 Å². The van der Waals surface area contributed by atoms with Crippen molar-refractivity contribution in [2.24, 2.45) is 0 Å². The predicted octanol–water partition coefficient (Wildman–Crippen LogP) is 5.62. The lowest BCUT2D eigenvalue weighted by Gasteiger charge is -2.23. The molecule has 3 aromatic rings. The minimum Gasteiger partial charge on any atom is -0.486 e. The number of nitrogens with zero attached hydrogens (tertiary/aromatic N) is 1. The maximum Gasteiger partial charge on any atom is 0.317 e. The minimum atomic E-state index is -0.834. The van der Waals surface area contributed by atoms with Gasteiger partial charge in [-0.3, -0.25) is 9.69 Å². The second-order valence-electron chi connectivity index (χ2n) is 7.78. The number of carboxylic acid groups (broad SMARTS) is 1. The summed E-state index contributed by atoms with van der Waals surface area (Å²) in [6.45, 7) is 4.66. The molecule has 0 fully saturated rings. The number of aliphatic carboxylic acids is 1. The molecule has 5 nitrogen and oxygen atoms in total. The Morgan fingerprint density at radius 3 is 2.29 bits per heavy atom. The summed E-state index contributed by atoms with van der Waals surface area (Å²) in [5.74, 6) is 1.50. The monoisotopic (exact) mass is 419 g/mol. The van der Waals surface area contributed by atoms with Gasteiger partial charge in [-0.2, -0.15) is 0 Å². The Labute approximate surface area is 183 Å². The predicted molar refractivity (Wildman–Crippen MR) is 122 cm³/mol. The van der Waals surface area contributed by atoms with Gasteiger partial charge in [0, 0.05) is 13.0 Å². The first kappa shape index (κ1) is 22.4. The molecule has 0 bridgehead atoms. The van der Waals surface area contributed by atoms with Crippen LogP contribution in [0.2, 0.25) is 0 Å². The number of carboxylic acids is 1. The highest BCUT2D eigenvalue weighted by Crippen LogP contribution is 2.31. The van der Waals surface area contributed by atoms with Crippen molar-refractivity contribution >= 4 is 5.97 Å². The van der Waals surface area contributed by atoms with Gasteiger partial charge in [-0.25, -0.2) is 0 Å². The van der Waals surface area contributed by atoms with E-state index in [-0.39, 0.29) is 12.6 Å². The van der Waals surface area contributed by atoms with E-state index in [1.165, 1.54) is 5.56 Å². The molecule has 0 aliphatic heterocycles. The average molecular weight is 420 g/mol. The smallest absolute Gasteiger partial charge is 0.317 e. The van der Waals surface area contributed by atoms with Crippen molar-refractivity contribution in [3.8, 4) is 17.2 Å². The number of benzene rings is 3. The first-order chi connectivity index (χ1) is 14.9. The molecule has 1 N–H and O–H groups in total. The lowest BCUT2D eigenvalue weighted by molar-refractivity contribution is -0.138. The summed E-state index contributed by atoms with van der Waals surface area (Å²) in [6.07, 6.45) is 0.495. The van der Waals surface area contributed by atoms with Crippen LogP contribution in [0, 0.1) is 13.8 Å². The average Bonchev–Trinajstić information content (AvgIpc) is 2.74. The van der Waals surface area contributed by atoms with Crippen LogP contribution in [-0.2, 0) is 4.79 Å². The van der Waals surface area contributed by atoms with Crippen molar-refractivity contribution in [1.82, 2.24) is 4.90 Å². The van der Waals surface area contributed by atoms with Gasteiger partial charge in [0.15, 0.2) is 0 Å². The number of ether oxygens (including phenoxy) is 2. The normalized spacial score (nSPS) is 11.9. The summed E-state index contributed by atoms with van der Waals surface area (Å²) in [7, 11) is 1.80. The molecule has 0 aliphatic carbocycles. The highest BCUT2D eigenvalue weighted by atomic mass is 16.5. The van der Waals surface area contributed by atoms with Crippen LogP contribution in [-0.4, -0.2) is 36.1 Å². The SMILES string of the molecule is Cc1ccc(Oc2ccc(OC(CCN(C)CC(=O)O)c3ccccc3)cc2C)cc1. The second kappa shape index (κ2) is 10.6. The van der Waals surface area contributed by atoms with Gasteiger partial charge in [-0.1, -0.05) is 48.0 Å². The molecule has 3 aromatic carbocycles. The van der Waals surface area contributed by atoms with Gasteiger partial charge in [0.1, 0.15) is 23.4 Å². The van der Waals surface area contributed by atoms with E-state index < -0.39 is 5.97 Å². The van der Waals surface area contributed by atoms with Crippen molar-refractivity contribution in [1.29, 1.82) is 0 Å². The number of rotatable bonds is 10. The lowest BCUT2D eigenvalue weighted by atomic mass is 10.1. The summed E-state index contributed by atoms with van der Waals surface area (Å²) < 4.78 is 12.3. The van der Waals surface area contributed by atoms with Crippen LogP contribution in [0.25, 0.3) is 0 Å². The summed E-state index contributed by atoms with van der Waals surface area (Å²) in [5, 5.41) is 8.99. The Kier molecular flexibility index (Phi) is 7.68. The third-order valence-corrected chi connectivity index (χ3v) is 5.02. The number of hydrogen-bond donors (Lipinski definition) is 1. The largest absolute Gasteiger partial charge is 0.486 e. The van der Waals surface area contributed by atoms with Crippen molar-refractivity contribution < 1.29 is 19.4 Å².